The Hall–Kier alpha value is -0.870. The molecule has 0 radical (unpaired) electrons. The minimum Gasteiger partial charge on any atom is -0.353 e. The van der Waals surface area contributed by atoms with Crippen LogP contribution in [0.1, 0.15) is 38.7 Å². The first-order valence-corrected chi connectivity index (χ1v) is 8.61. The lowest BCUT2D eigenvalue weighted by Crippen LogP contribution is -2.52. The smallest absolute Gasteiger partial charge is 0.227 e. The molecule has 3 nitrogen and oxygen atoms in total. The highest BCUT2D eigenvalue weighted by Gasteiger charge is 2.38. The topological polar surface area (TPSA) is 41.1 Å². The van der Waals surface area contributed by atoms with Crippen LogP contribution in [0, 0.1) is 5.41 Å². The number of benzene rings is 1. The molecule has 4 heteroatoms. The minimum atomic E-state index is -0.216. The number of nitrogens with one attached hydrogen (secondary N) is 2. The van der Waals surface area contributed by atoms with Crippen LogP contribution in [-0.2, 0) is 11.2 Å². The number of carbonyl (C=O) groups is 1. The lowest BCUT2D eigenvalue weighted by Gasteiger charge is -2.36. The highest BCUT2D eigenvalue weighted by Crippen LogP contribution is 2.30. The molecule has 0 bridgehead atoms. The Bertz CT molecular complexity index is 466. The van der Waals surface area contributed by atoms with E-state index < -0.39 is 0 Å². The maximum atomic E-state index is 12.6. The van der Waals surface area contributed by atoms with Gasteiger partial charge in [-0.3, -0.25) is 4.79 Å². The van der Waals surface area contributed by atoms with Crippen LogP contribution in [0.4, 0.5) is 0 Å². The maximum Gasteiger partial charge on any atom is 0.227 e. The summed E-state index contributed by atoms with van der Waals surface area (Å²) in [6.45, 7) is 6.04. The van der Waals surface area contributed by atoms with Gasteiger partial charge in [0.05, 0.1) is 5.41 Å². The van der Waals surface area contributed by atoms with Crippen molar-refractivity contribution in [2.45, 2.75) is 45.6 Å². The molecule has 1 fully saturated rings. The van der Waals surface area contributed by atoms with Crippen LogP contribution >= 0.6 is 15.9 Å². The lowest BCUT2D eigenvalue weighted by molar-refractivity contribution is -0.133. The molecule has 0 spiro atoms. The number of hydrogen-bond acceptors (Lipinski definition) is 2. The summed E-state index contributed by atoms with van der Waals surface area (Å²) < 4.78 is 1.08. The second-order valence-corrected chi connectivity index (χ2v) is 7.03. The molecule has 1 saturated heterocycles. The molecule has 2 unspecified atom stereocenters. The first kappa shape index (κ1) is 16.5. The summed E-state index contributed by atoms with van der Waals surface area (Å²) in [6.07, 6.45) is 3.85. The van der Waals surface area contributed by atoms with Crippen molar-refractivity contribution < 1.29 is 4.79 Å². The van der Waals surface area contributed by atoms with Crippen molar-refractivity contribution in [1.82, 2.24) is 10.6 Å². The van der Waals surface area contributed by atoms with Gasteiger partial charge in [-0.1, -0.05) is 35.0 Å². The Morgan fingerprint density at radius 1 is 1.43 bits per heavy atom. The second kappa shape index (κ2) is 7.41. The third kappa shape index (κ3) is 4.30. The van der Waals surface area contributed by atoms with E-state index in [-0.39, 0.29) is 17.4 Å². The van der Waals surface area contributed by atoms with Crippen molar-refractivity contribution in [3.05, 3.63) is 34.3 Å². The van der Waals surface area contributed by atoms with Gasteiger partial charge in [0.25, 0.3) is 0 Å². The molecule has 2 atom stereocenters. The predicted molar refractivity (Wildman–Crippen MR) is 90.3 cm³/mol. The van der Waals surface area contributed by atoms with Crippen molar-refractivity contribution in [3.8, 4) is 0 Å². The molecule has 0 saturated carbocycles. The zero-order chi connectivity index (χ0) is 15.3. The molecule has 1 heterocycles. The predicted octanol–water partition coefficient (Wildman–Crippen LogP) is 3.28. The number of hydrogen-bond donors (Lipinski definition) is 2. The van der Waals surface area contributed by atoms with Crippen molar-refractivity contribution in [1.29, 1.82) is 0 Å². The quantitative estimate of drug-likeness (QED) is 0.853. The molecule has 0 aromatic heterocycles. The van der Waals surface area contributed by atoms with E-state index in [4.69, 9.17) is 0 Å². The Kier molecular flexibility index (Phi) is 5.82. The van der Waals surface area contributed by atoms with E-state index in [1.54, 1.807) is 0 Å². The Morgan fingerprint density at radius 3 is 2.71 bits per heavy atom. The molecule has 1 amide bonds. The van der Waals surface area contributed by atoms with Crippen LogP contribution in [0.2, 0.25) is 0 Å². The summed E-state index contributed by atoms with van der Waals surface area (Å²) in [5.74, 6) is 0.210. The molecule has 1 aromatic rings. The lowest BCUT2D eigenvalue weighted by atomic mass is 9.77. The van der Waals surface area contributed by atoms with Gasteiger partial charge in [0.15, 0.2) is 0 Å². The summed E-state index contributed by atoms with van der Waals surface area (Å²) in [6, 6.07) is 8.45. The molecule has 116 valence electrons. The summed E-state index contributed by atoms with van der Waals surface area (Å²) in [7, 11) is 0. The molecule has 0 aliphatic carbocycles. The van der Waals surface area contributed by atoms with Gasteiger partial charge in [0, 0.05) is 17.1 Å². The van der Waals surface area contributed by atoms with Gasteiger partial charge in [-0.15, -0.1) is 0 Å². The van der Waals surface area contributed by atoms with Crippen molar-refractivity contribution in [2.24, 2.45) is 5.41 Å². The summed E-state index contributed by atoms with van der Waals surface area (Å²) in [5.41, 5.74) is 1.03. The van der Waals surface area contributed by atoms with Crippen molar-refractivity contribution in [3.63, 3.8) is 0 Å². The van der Waals surface area contributed by atoms with Gasteiger partial charge in [0.2, 0.25) is 5.91 Å². The Morgan fingerprint density at radius 2 is 2.14 bits per heavy atom. The standard InChI is InChI=1S/C17H25BrN2O/c1-3-17(9-4-10-19-12-17)16(21)20-13(2)11-14-5-7-15(18)8-6-14/h5-8,13,19H,3-4,9-12H2,1-2H3,(H,20,21). The third-order valence-electron chi connectivity index (χ3n) is 4.46. The molecule has 1 aliphatic rings. The van der Waals surface area contributed by atoms with Crippen molar-refractivity contribution in [2.75, 3.05) is 13.1 Å². The number of rotatable bonds is 5. The normalized spacial score (nSPS) is 23.6. The van der Waals surface area contributed by atoms with E-state index in [0.717, 1.165) is 43.2 Å². The molecule has 1 aromatic carbocycles. The molecule has 2 N–H and O–H groups in total. The second-order valence-electron chi connectivity index (χ2n) is 6.12. The summed E-state index contributed by atoms with van der Waals surface area (Å²) >= 11 is 3.44. The zero-order valence-corrected chi connectivity index (χ0v) is 14.5. The molecule has 21 heavy (non-hydrogen) atoms. The SMILES string of the molecule is CCC1(C(=O)NC(C)Cc2ccc(Br)cc2)CCCNC1. The average Bonchev–Trinajstić information content (AvgIpc) is 2.50. The highest BCUT2D eigenvalue weighted by atomic mass is 79.9. The summed E-state index contributed by atoms with van der Waals surface area (Å²) in [5, 5.41) is 6.58. The fraction of sp³-hybridized carbons (Fsp3) is 0.588. The first-order valence-electron chi connectivity index (χ1n) is 7.82. The van der Waals surface area contributed by atoms with Gasteiger partial charge in [-0.2, -0.15) is 0 Å². The highest BCUT2D eigenvalue weighted by molar-refractivity contribution is 9.10. The molecule has 1 aliphatic heterocycles. The van der Waals surface area contributed by atoms with E-state index >= 15 is 0 Å². The summed E-state index contributed by atoms with van der Waals surface area (Å²) in [4.78, 5) is 12.6. The Labute approximate surface area is 136 Å². The van der Waals surface area contributed by atoms with Crippen LogP contribution in [0.15, 0.2) is 28.7 Å². The number of amides is 1. The number of piperidine rings is 1. The molecular formula is C17H25BrN2O. The fourth-order valence-corrected chi connectivity index (χ4v) is 3.29. The van der Waals surface area contributed by atoms with Gasteiger partial charge < -0.3 is 10.6 Å². The fourth-order valence-electron chi connectivity index (χ4n) is 3.03. The van der Waals surface area contributed by atoms with Crippen LogP contribution < -0.4 is 10.6 Å². The van der Waals surface area contributed by atoms with Gasteiger partial charge in [0.1, 0.15) is 0 Å². The van der Waals surface area contributed by atoms with Crippen LogP contribution in [0.3, 0.4) is 0 Å². The van der Waals surface area contributed by atoms with E-state index in [1.807, 2.05) is 12.1 Å². The largest absolute Gasteiger partial charge is 0.353 e. The van der Waals surface area contributed by atoms with Crippen LogP contribution in [0.25, 0.3) is 0 Å². The maximum absolute atomic E-state index is 12.6. The van der Waals surface area contributed by atoms with Gasteiger partial charge in [-0.25, -0.2) is 0 Å². The van der Waals surface area contributed by atoms with E-state index in [2.05, 4.69) is 52.5 Å². The van der Waals surface area contributed by atoms with Crippen LogP contribution in [0.5, 0.6) is 0 Å². The monoisotopic (exact) mass is 352 g/mol. The van der Waals surface area contributed by atoms with Crippen molar-refractivity contribution >= 4 is 21.8 Å². The van der Waals surface area contributed by atoms with Crippen LogP contribution in [-0.4, -0.2) is 25.0 Å². The van der Waals surface area contributed by atoms with E-state index in [9.17, 15) is 4.79 Å². The van der Waals surface area contributed by atoms with Gasteiger partial charge in [-0.05, 0) is 56.8 Å². The van der Waals surface area contributed by atoms with E-state index in [1.165, 1.54) is 5.56 Å². The molecule has 2 rings (SSSR count). The minimum absolute atomic E-state index is 0.157. The molecular weight excluding hydrogens is 328 g/mol. The van der Waals surface area contributed by atoms with Gasteiger partial charge >= 0.3 is 0 Å². The van der Waals surface area contributed by atoms with E-state index in [0.29, 0.717) is 0 Å². The number of halogens is 1. The Balaban J connectivity index is 1.93. The zero-order valence-electron chi connectivity index (χ0n) is 12.9. The first-order chi connectivity index (χ1) is 10.1. The average molecular weight is 353 g/mol. The number of carbonyl (C=O) groups excluding carboxylic acids is 1. The third-order valence-corrected chi connectivity index (χ3v) is 4.99.